The quantitative estimate of drug-likeness (QED) is 0.898. The second-order valence-corrected chi connectivity index (χ2v) is 9.04. The molecule has 1 unspecified atom stereocenters. The molecule has 0 radical (unpaired) electrons. The van der Waals surface area contributed by atoms with Crippen molar-refractivity contribution in [2.75, 3.05) is 18.0 Å². The summed E-state index contributed by atoms with van der Waals surface area (Å²) in [5.74, 6) is 1.70. The molecular formula is C17H29N3S. The summed E-state index contributed by atoms with van der Waals surface area (Å²) in [6, 6.07) is 0.184. The van der Waals surface area contributed by atoms with Crippen molar-refractivity contribution in [3.63, 3.8) is 0 Å². The number of thiazole rings is 1. The molecule has 0 bridgehead atoms. The smallest absolute Gasteiger partial charge is 0.185 e. The molecule has 3 rings (SSSR count). The lowest BCUT2D eigenvalue weighted by Crippen LogP contribution is -2.35. The minimum Gasteiger partial charge on any atom is -0.348 e. The van der Waals surface area contributed by atoms with Crippen LogP contribution in [0.5, 0.6) is 0 Å². The van der Waals surface area contributed by atoms with E-state index < -0.39 is 0 Å². The maximum Gasteiger partial charge on any atom is 0.185 e. The van der Waals surface area contributed by atoms with Crippen molar-refractivity contribution in [3.8, 4) is 0 Å². The van der Waals surface area contributed by atoms with Crippen LogP contribution in [0.15, 0.2) is 0 Å². The van der Waals surface area contributed by atoms with Crippen LogP contribution in [0, 0.1) is 17.3 Å². The molecule has 21 heavy (non-hydrogen) atoms. The van der Waals surface area contributed by atoms with E-state index in [4.69, 9.17) is 10.7 Å². The summed E-state index contributed by atoms with van der Waals surface area (Å²) in [6.45, 7) is 11.6. The number of rotatable bonds is 2. The van der Waals surface area contributed by atoms with E-state index in [2.05, 4.69) is 32.6 Å². The van der Waals surface area contributed by atoms with Crippen molar-refractivity contribution in [1.82, 2.24) is 4.98 Å². The number of fused-ring (bicyclic) bond motifs is 1. The zero-order chi connectivity index (χ0) is 15.2. The van der Waals surface area contributed by atoms with Gasteiger partial charge in [0.15, 0.2) is 5.13 Å². The Balaban J connectivity index is 1.74. The summed E-state index contributed by atoms with van der Waals surface area (Å²) >= 11 is 1.85. The molecule has 118 valence electrons. The normalized spacial score (nSPS) is 26.2. The fraction of sp³-hybridized carbons (Fsp3) is 0.824. The van der Waals surface area contributed by atoms with Gasteiger partial charge in [-0.25, -0.2) is 4.98 Å². The van der Waals surface area contributed by atoms with Gasteiger partial charge in [0.2, 0.25) is 0 Å². The van der Waals surface area contributed by atoms with Gasteiger partial charge >= 0.3 is 0 Å². The van der Waals surface area contributed by atoms with Gasteiger partial charge in [-0.1, -0.05) is 39.0 Å². The van der Waals surface area contributed by atoms with E-state index in [1.807, 2.05) is 11.3 Å². The van der Waals surface area contributed by atoms with Gasteiger partial charge in [0.25, 0.3) is 0 Å². The number of aromatic nitrogens is 1. The predicted molar refractivity (Wildman–Crippen MR) is 90.9 cm³/mol. The van der Waals surface area contributed by atoms with Gasteiger partial charge in [-0.15, -0.1) is 0 Å². The van der Waals surface area contributed by atoms with E-state index in [9.17, 15) is 0 Å². The minimum absolute atomic E-state index is 0.184. The molecule has 0 saturated carbocycles. The maximum atomic E-state index is 6.38. The second-order valence-electron chi connectivity index (χ2n) is 8.03. The Hall–Kier alpha value is -0.610. The third kappa shape index (κ3) is 3.11. The third-order valence-electron chi connectivity index (χ3n) is 5.22. The Labute approximate surface area is 132 Å². The molecule has 1 aliphatic heterocycles. The molecule has 3 nitrogen and oxygen atoms in total. The summed E-state index contributed by atoms with van der Waals surface area (Å²) in [6.07, 6.45) is 4.77. The summed E-state index contributed by atoms with van der Waals surface area (Å²) < 4.78 is 0. The van der Waals surface area contributed by atoms with Crippen LogP contribution in [0.3, 0.4) is 0 Å². The van der Waals surface area contributed by atoms with E-state index in [1.165, 1.54) is 28.5 Å². The van der Waals surface area contributed by atoms with Crippen LogP contribution in [-0.2, 0) is 6.42 Å². The zero-order valence-corrected chi connectivity index (χ0v) is 14.7. The van der Waals surface area contributed by atoms with Gasteiger partial charge < -0.3 is 10.6 Å². The molecular weight excluding hydrogens is 278 g/mol. The first kappa shape index (κ1) is 15.3. The van der Waals surface area contributed by atoms with Crippen molar-refractivity contribution < 1.29 is 0 Å². The van der Waals surface area contributed by atoms with Crippen LogP contribution in [-0.4, -0.2) is 18.1 Å². The molecule has 4 heteroatoms. The highest BCUT2D eigenvalue weighted by molar-refractivity contribution is 7.15. The lowest BCUT2D eigenvalue weighted by molar-refractivity contribution is 0.282. The van der Waals surface area contributed by atoms with Crippen molar-refractivity contribution in [3.05, 3.63) is 10.6 Å². The fourth-order valence-electron chi connectivity index (χ4n) is 3.87. The highest BCUT2D eigenvalue weighted by Gasteiger charge is 2.34. The molecule has 1 saturated heterocycles. The average molecular weight is 308 g/mol. The number of nitrogens with two attached hydrogens (primary N) is 1. The highest BCUT2D eigenvalue weighted by Crippen LogP contribution is 2.44. The van der Waals surface area contributed by atoms with E-state index in [0.29, 0.717) is 5.41 Å². The van der Waals surface area contributed by atoms with Crippen LogP contribution in [0.4, 0.5) is 5.13 Å². The van der Waals surface area contributed by atoms with Gasteiger partial charge in [0.05, 0.1) is 5.69 Å². The van der Waals surface area contributed by atoms with Crippen LogP contribution in [0.2, 0.25) is 0 Å². The molecule has 2 N–H and O–H groups in total. The molecule has 2 aliphatic rings. The number of piperidine rings is 1. The number of nitrogens with zero attached hydrogens (tertiary/aromatic N) is 2. The van der Waals surface area contributed by atoms with Crippen molar-refractivity contribution >= 4 is 16.5 Å². The number of hydrogen-bond acceptors (Lipinski definition) is 4. The number of anilines is 1. The second kappa shape index (κ2) is 5.54. The Morgan fingerprint density at radius 2 is 1.95 bits per heavy atom. The average Bonchev–Trinajstić information content (AvgIpc) is 2.81. The molecule has 1 atom stereocenters. The van der Waals surface area contributed by atoms with Crippen LogP contribution in [0.1, 0.15) is 63.6 Å². The molecule has 0 aromatic carbocycles. The topological polar surface area (TPSA) is 42.2 Å². The molecule has 0 spiro atoms. The molecule has 0 amide bonds. The molecule has 1 aliphatic carbocycles. The largest absolute Gasteiger partial charge is 0.348 e. The SMILES string of the molecule is CC(C)C1CCN(c2nc3c(s2)C(N)CC(C)(C)C3)CC1. The van der Waals surface area contributed by atoms with Crippen LogP contribution >= 0.6 is 11.3 Å². The Kier molecular flexibility index (Phi) is 4.04. The van der Waals surface area contributed by atoms with E-state index in [1.54, 1.807) is 0 Å². The minimum atomic E-state index is 0.184. The van der Waals surface area contributed by atoms with E-state index in [0.717, 1.165) is 37.8 Å². The van der Waals surface area contributed by atoms with Gasteiger partial charge in [-0.05, 0) is 42.9 Å². The monoisotopic (exact) mass is 307 g/mol. The summed E-state index contributed by atoms with van der Waals surface area (Å²) in [4.78, 5) is 8.79. The zero-order valence-electron chi connectivity index (χ0n) is 13.9. The van der Waals surface area contributed by atoms with Gasteiger partial charge in [-0.3, -0.25) is 0 Å². The van der Waals surface area contributed by atoms with Crippen molar-refractivity contribution in [1.29, 1.82) is 0 Å². The van der Waals surface area contributed by atoms with Gasteiger partial charge in [0, 0.05) is 24.0 Å². The fourth-order valence-corrected chi connectivity index (χ4v) is 5.01. The first-order valence-corrected chi connectivity index (χ1v) is 9.17. The Bertz CT molecular complexity index is 498. The van der Waals surface area contributed by atoms with E-state index in [-0.39, 0.29) is 6.04 Å². The van der Waals surface area contributed by atoms with Crippen LogP contribution < -0.4 is 10.6 Å². The molecule has 1 aromatic heterocycles. The number of hydrogen-bond donors (Lipinski definition) is 1. The first-order chi connectivity index (χ1) is 9.85. The van der Waals surface area contributed by atoms with Gasteiger partial charge in [-0.2, -0.15) is 0 Å². The summed E-state index contributed by atoms with van der Waals surface area (Å²) in [7, 11) is 0. The predicted octanol–water partition coefficient (Wildman–Crippen LogP) is 3.99. The van der Waals surface area contributed by atoms with Gasteiger partial charge in [0.1, 0.15) is 0 Å². The standard InChI is InChI=1S/C17H29N3S/c1-11(2)12-5-7-20(8-6-12)16-19-14-10-17(3,4)9-13(18)15(14)21-16/h11-13H,5-10,18H2,1-4H3. The lowest BCUT2D eigenvalue weighted by atomic mass is 9.77. The first-order valence-electron chi connectivity index (χ1n) is 8.36. The Morgan fingerprint density at radius 3 is 2.57 bits per heavy atom. The van der Waals surface area contributed by atoms with Crippen molar-refractivity contribution in [2.24, 2.45) is 23.0 Å². The van der Waals surface area contributed by atoms with Crippen molar-refractivity contribution in [2.45, 2.75) is 59.4 Å². The Morgan fingerprint density at radius 1 is 1.29 bits per heavy atom. The lowest BCUT2D eigenvalue weighted by Gasteiger charge is -2.33. The third-order valence-corrected chi connectivity index (χ3v) is 6.51. The molecule has 1 fully saturated rings. The summed E-state index contributed by atoms with van der Waals surface area (Å²) in [5.41, 5.74) is 7.94. The summed E-state index contributed by atoms with van der Waals surface area (Å²) in [5, 5.41) is 1.22. The maximum absolute atomic E-state index is 6.38. The molecule has 2 heterocycles. The highest BCUT2D eigenvalue weighted by atomic mass is 32.1. The van der Waals surface area contributed by atoms with Crippen LogP contribution in [0.25, 0.3) is 0 Å². The molecule has 1 aromatic rings. The van der Waals surface area contributed by atoms with E-state index >= 15 is 0 Å².